The van der Waals surface area contributed by atoms with Gasteiger partial charge in [-0.1, -0.05) is 6.07 Å². The molecule has 1 aromatic rings. The minimum absolute atomic E-state index is 0.183. The third kappa shape index (κ3) is 4.76. The third-order valence-electron chi connectivity index (χ3n) is 5.61. The van der Waals surface area contributed by atoms with Crippen molar-refractivity contribution in [2.24, 2.45) is 0 Å². The smallest absolute Gasteiger partial charge is 0.409 e. The lowest BCUT2D eigenvalue weighted by atomic mass is 10.1. The summed E-state index contributed by atoms with van der Waals surface area (Å²) in [4.78, 5) is 30.3. The number of benzene rings is 1. The van der Waals surface area contributed by atoms with E-state index in [9.17, 15) is 18.0 Å². The number of hydrogen-bond donors (Lipinski definition) is 0. The highest BCUT2D eigenvalue weighted by molar-refractivity contribution is 7.89. The predicted octanol–water partition coefficient (Wildman–Crippen LogP) is 0.845. The molecule has 166 valence electrons. The number of piperazine rings is 2. The minimum atomic E-state index is -3.66. The van der Waals surface area contributed by atoms with Gasteiger partial charge in [0.05, 0.1) is 11.5 Å². The van der Waals surface area contributed by atoms with Crippen LogP contribution in [0.2, 0.25) is 0 Å². The third-order valence-corrected chi connectivity index (χ3v) is 7.65. The minimum Gasteiger partial charge on any atom is -0.450 e. The van der Waals surface area contributed by atoms with Crippen LogP contribution >= 0.6 is 0 Å². The van der Waals surface area contributed by atoms with Crippen LogP contribution in [0.4, 0.5) is 4.79 Å². The summed E-state index contributed by atoms with van der Waals surface area (Å²) in [5, 5.41) is 0. The molecule has 0 N–H and O–H groups in total. The number of hydrogen-bond acceptors (Lipinski definition) is 6. The van der Waals surface area contributed by atoms with Gasteiger partial charge in [0, 0.05) is 57.9 Å². The van der Waals surface area contributed by atoms with Crippen molar-refractivity contribution in [3.63, 3.8) is 0 Å². The number of carbonyl (C=O) groups excluding carboxylic acids is 2. The van der Waals surface area contributed by atoms with Gasteiger partial charge >= 0.3 is 6.09 Å². The van der Waals surface area contributed by atoms with E-state index in [1.165, 1.54) is 10.4 Å². The van der Waals surface area contributed by atoms with Crippen molar-refractivity contribution in [3.8, 4) is 0 Å². The predicted molar refractivity (Wildman–Crippen MR) is 112 cm³/mol. The van der Waals surface area contributed by atoms with Gasteiger partial charge in [0.1, 0.15) is 0 Å². The fourth-order valence-corrected chi connectivity index (χ4v) is 5.34. The zero-order valence-electron chi connectivity index (χ0n) is 17.8. The molecule has 10 heteroatoms. The molecule has 2 fully saturated rings. The second-order valence-electron chi connectivity index (χ2n) is 7.67. The van der Waals surface area contributed by atoms with Gasteiger partial charge in [-0.3, -0.25) is 4.79 Å². The van der Waals surface area contributed by atoms with Crippen molar-refractivity contribution < 1.29 is 22.7 Å². The number of sulfonamides is 1. The maximum atomic E-state index is 13.2. The van der Waals surface area contributed by atoms with Crippen molar-refractivity contribution in [2.75, 3.05) is 66.0 Å². The van der Waals surface area contributed by atoms with Gasteiger partial charge in [-0.15, -0.1) is 0 Å². The van der Waals surface area contributed by atoms with Crippen LogP contribution < -0.4 is 0 Å². The second-order valence-corrected chi connectivity index (χ2v) is 9.57. The van der Waals surface area contributed by atoms with Crippen LogP contribution in [0.25, 0.3) is 0 Å². The summed E-state index contributed by atoms with van der Waals surface area (Å²) in [7, 11) is -1.69. The van der Waals surface area contributed by atoms with Gasteiger partial charge in [-0.05, 0) is 38.6 Å². The van der Waals surface area contributed by atoms with E-state index in [2.05, 4.69) is 4.90 Å². The molecule has 0 unspecified atom stereocenters. The molecule has 2 saturated heterocycles. The molecular formula is C20H30N4O5S. The zero-order valence-corrected chi connectivity index (χ0v) is 18.7. The Morgan fingerprint density at radius 1 is 0.967 bits per heavy atom. The van der Waals surface area contributed by atoms with Crippen LogP contribution in [0.1, 0.15) is 22.8 Å². The first kappa shape index (κ1) is 22.5. The number of rotatable bonds is 4. The normalized spacial score (nSPS) is 19.0. The van der Waals surface area contributed by atoms with Crippen LogP contribution in [0, 0.1) is 6.92 Å². The average Bonchev–Trinajstić information content (AvgIpc) is 2.74. The number of ether oxygens (including phenoxy) is 1. The van der Waals surface area contributed by atoms with Crippen LogP contribution in [0.5, 0.6) is 0 Å². The van der Waals surface area contributed by atoms with Crippen LogP contribution in [0.3, 0.4) is 0 Å². The first-order valence-electron chi connectivity index (χ1n) is 10.2. The fourth-order valence-electron chi connectivity index (χ4n) is 3.67. The zero-order chi connectivity index (χ0) is 21.9. The molecule has 0 aliphatic carbocycles. The molecule has 2 amide bonds. The number of likely N-dealkylation sites (N-methyl/N-ethyl adjacent to an activating group) is 1. The number of aryl methyl sites for hydroxylation is 1. The summed E-state index contributed by atoms with van der Waals surface area (Å²) in [5.74, 6) is -0.228. The first-order valence-corrected chi connectivity index (χ1v) is 11.7. The van der Waals surface area contributed by atoms with E-state index in [4.69, 9.17) is 4.74 Å². The van der Waals surface area contributed by atoms with Gasteiger partial charge in [0.2, 0.25) is 10.0 Å². The lowest BCUT2D eigenvalue weighted by Gasteiger charge is -2.34. The number of amides is 2. The summed E-state index contributed by atoms with van der Waals surface area (Å²) in [6.07, 6.45) is -0.375. The highest BCUT2D eigenvalue weighted by Crippen LogP contribution is 2.23. The summed E-state index contributed by atoms with van der Waals surface area (Å²) in [5.41, 5.74) is 0.968. The summed E-state index contributed by atoms with van der Waals surface area (Å²) >= 11 is 0. The van der Waals surface area contributed by atoms with E-state index in [1.807, 2.05) is 7.05 Å². The van der Waals surface area contributed by atoms with E-state index in [-0.39, 0.29) is 16.9 Å². The van der Waals surface area contributed by atoms with Gasteiger partial charge < -0.3 is 19.4 Å². The maximum Gasteiger partial charge on any atom is 0.409 e. The van der Waals surface area contributed by atoms with Crippen molar-refractivity contribution in [1.82, 2.24) is 19.0 Å². The van der Waals surface area contributed by atoms with E-state index in [1.54, 1.807) is 35.8 Å². The molecule has 30 heavy (non-hydrogen) atoms. The molecule has 3 rings (SSSR count). The first-order chi connectivity index (χ1) is 14.2. The maximum absolute atomic E-state index is 13.2. The van der Waals surface area contributed by atoms with Crippen LogP contribution in [-0.2, 0) is 14.8 Å². The molecule has 0 radical (unpaired) electrons. The molecule has 0 aromatic heterocycles. The van der Waals surface area contributed by atoms with Crippen LogP contribution in [0.15, 0.2) is 23.1 Å². The standard InChI is InChI=1S/C20H30N4O5S/c1-4-29-20(26)23-11-9-22(10-12-23)19(25)17-6-5-16(2)18(15-17)30(27,28)24-13-7-21(3)8-14-24/h5-6,15H,4,7-14H2,1-3H3. The summed E-state index contributed by atoms with van der Waals surface area (Å²) in [6.45, 7) is 7.59. The van der Waals surface area contributed by atoms with E-state index < -0.39 is 10.0 Å². The monoisotopic (exact) mass is 438 g/mol. The molecule has 2 aliphatic rings. The SMILES string of the molecule is CCOC(=O)N1CCN(C(=O)c2ccc(C)c(S(=O)(=O)N3CCN(C)CC3)c2)CC1. The number of carbonyl (C=O) groups is 2. The molecule has 2 heterocycles. The van der Waals surface area contributed by atoms with Gasteiger partial charge in [0.15, 0.2) is 0 Å². The molecule has 2 aliphatic heterocycles. The van der Waals surface area contributed by atoms with Gasteiger partial charge in [-0.2, -0.15) is 4.31 Å². The van der Waals surface area contributed by atoms with Crippen molar-refractivity contribution in [1.29, 1.82) is 0 Å². The number of nitrogens with zero attached hydrogens (tertiary/aromatic N) is 4. The Morgan fingerprint density at radius 2 is 1.57 bits per heavy atom. The summed E-state index contributed by atoms with van der Waals surface area (Å²) in [6, 6.07) is 4.84. The molecule has 9 nitrogen and oxygen atoms in total. The van der Waals surface area contributed by atoms with E-state index in [0.717, 1.165) is 0 Å². The van der Waals surface area contributed by atoms with Gasteiger partial charge in [-0.25, -0.2) is 13.2 Å². The molecule has 0 bridgehead atoms. The quantitative estimate of drug-likeness (QED) is 0.692. The summed E-state index contributed by atoms with van der Waals surface area (Å²) < 4.78 is 32.8. The molecule has 1 aromatic carbocycles. The molecule has 0 saturated carbocycles. The van der Waals surface area contributed by atoms with Crippen LogP contribution in [-0.4, -0.2) is 105 Å². The fraction of sp³-hybridized carbons (Fsp3) is 0.600. The molecular weight excluding hydrogens is 408 g/mol. The van der Waals surface area contributed by atoms with Crippen molar-refractivity contribution in [3.05, 3.63) is 29.3 Å². The lowest BCUT2D eigenvalue weighted by molar-refractivity contribution is 0.0570. The van der Waals surface area contributed by atoms with E-state index >= 15 is 0 Å². The Bertz CT molecular complexity index is 888. The largest absolute Gasteiger partial charge is 0.450 e. The Labute approximate surface area is 178 Å². The molecule has 0 spiro atoms. The topological polar surface area (TPSA) is 90.5 Å². The van der Waals surface area contributed by atoms with Gasteiger partial charge in [0.25, 0.3) is 5.91 Å². The Kier molecular flexibility index (Phi) is 6.99. The highest BCUT2D eigenvalue weighted by Gasteiger charge is 2.31. The average molecular weight is 439 g/mol. The lowest BCUT2D eigenvalue weighted by Crippen LogP contribution is -2.50. The van der Waals surface area contributed by atoms with E-state index in [0.29, 0.717) is 70.1 Å². The molecule has 0 atom stereocenters. The van der Waals surface area contributed by atoms with Crippen molar-refractivity contribution in [2.45, 2.75) is 18.7 Å². The highest BCUT2D eigenvalue weighted by atomic mass is 32.2. The van der Waals surface area contributed by atoms with Crippen molar-refractivity contribution >= 4 is 22.0 Å². The second kappa shape index (κ2) is 9.32. The Morgan fingerprint density at radius 3 is 2.17 bits per heavy atom. The Balaban J connectivity index is 1.73. The Hall–Kier alpha value is -2.17.